The zero-order valence-electron chi connectivity index (χ0n) is 10.9. The molecule has 3 aliphatic rings. The SMILES string of the molecule is O=C1CC2CCC(C1)N2CCC1CCCCC1. The van der Waals surface area contributed by atoms with Crippen LogP contribution in [0.5, 0.6) is 0 Å². The summed E-state index contributed by atoms with van der Waals surface area (Å²) in [6.45, 7) is 1.27. The van der Waals surface area contributed by atoms with Gasteiger partial charge in [0, 0.05) is 24.9 Å². The van der Waals surface area contributed by atoms with Crippen LogP contribution in [0.25, 0.3) is 0 Å². The summed E-state index contributed by atoms with van der Waals surface area (Å²) in [5.41, 5.74) is 0. The van der Waals surface area contributed by atoms with Crippen LogP contribution in [0.15, 0.2) is 0 Å². The first-order valence-electron chi connectivity index (χ1n) is 7.60. The Morgan fingerprint density at radius 1 is 0.941 bits per heavy atom. The zero-order valence-corrected chi connectivity index (χ0v) is 10.9. The van der Waals surface area contributed by atoms with Gasteiger partial charge >= 0.3 is 0 Å². The molecular formula is C15H25NO. The summed E-state index contributed by atoms with van der Waals surface area (Å²) in [5, 5.41) is 0. The van der Waals surface area contributed by atoms with Crippen molar-refractivity contribution in [3.05, 3.63) is 0 Å². The van der Waals surface area contributed by atoms with Gasteiger partial charge in [0.15, 0.2) is 0 Å². The van der Waals surface area contributed by atoms with Gasteiger partial charge in [-0.3, -0.25) is 9.69 Å². The van der Waals surface area contributed by atoms with Gasteiger partial charge in [0.25, 0.3) is 0 Å². The number of carbonyl (C=O) groups is 1. The highest BCUT2D eigenvalue weighted by molar-refractivity contribution is 5.80. The molecule has 2 aliphatic heterocycles. The van der Waals surface area contributed by atoms with Crippen molar-refractivity contribution in [2.24, 2.45) is 5.92 Å². The van der Waals surface area contributed by atoms with Crippen LogP contribution in [-0.4, -0.2) is 29.3 Å². The average molecular weight is 235 g/mol. The number of Topliss-reactive ketones (excluding diaryl/α,β-unsaturated/α-hetero) is 1. The van der Waals surface area contributed by atoms with Crippen LogP contribution < -0.4 is 0 Å². The third-order valence-corrected chi connectivity index (χ3v) is 5.22. The predicted molar refractivity (Wildman–Crippen MR) is 68.9 cm³/mol. The molecule has 0 aromatic carbocycles. The summed E-state index contributed by atoms with van der Waals surface area (Å²) in [5.74, 6) is 1.51. The highest BCUT2D eigenvalue weighted by Crippen LogP contribution is 2.35. The van der Waals surface area contributed by atoms with Crippen molar-refractivity contribution in [3.8, 4) is 0 Å². The first-order valence-corrected chi connectivity index (χ1v) is 7.60. The van der Waals surface area contributed by atoms with Crippen LogP contribution in [0.2, 0.25) is 0 Å². The minimum atomic E-state index is 0.520. The van der Waals surface area contributed by atoms with E-state index in [2.05, 4.69) is 4.90 Å². The Morgan fingerprint density at radius 3 is 2.24 bits per heavy atom. The monoisotopic (exact) mass is 235 g/mol. The minimum Gasteiger partial charge on any atom is -0.300 e. The van der Waals surface area contributed by atoms with E-state index in [9.17, 15) is 4.79 Å². The lowest BCUT2D eigenvalue weighted by Crippen LogP contribution is -2.44. The summed E-state index contributed by atoms with van der Waals surface area (Å²) >= 11 is 0. The predicted octanol–water partition coefficient (Wildman–Crippen LogP) is 3.15. The molecule has 17 heavy (non-hydrogen) atoms. The molecule has 2 bridgehead atoms. The molecule has 2 saturated heterocycles. The van der Waals surface area contributed by atoms with Gasteiger partial charge in [0.2, 0.25) is 0 Å². The van der Waals surface area contributed by atoms with Crippen molar-refractivity contribution in [2.75, 3.05) is 6.54 Å². The first-order chi connectivity index (χ1) is 8.33. The molecule has 2 unspecified atom stereocenters. The van der Waals surface area contributed by atoms with Gasteiger partial charge in [0.1, 0.15) is 5.78 Å². The van der Waals surface area contributed by atoms with Gasteiger partial charge in [-0.15, -0.1) is 0 Å². The second-order valence-corrected chi connectivity index (χ2v) is 6.36. The minimum absolute atomic E-state index is 0.520. The van der Waals surface area contributed by atoms with E-state index in [1.807, 2.05) is 0 Å². The van der Waals surface area contributed by atoms with Gasteiger partial charge in [-0.05, 0) is 31.7 Å². The summed E-state index contributed by atoms with van der Waals surface area (Å²) < 4.78 is 0. The molecule has 0 radical (unpaired) electrons. The van der Waals surface area contributed by atoms with Crippen molar-refractivity contribution < 1.29 is 4.79 Å². The number of hydrogen-bond acceptors (Lipinski definition) is 2. The third-order valence-electron chi connectivity index (χ3n) is 5.22. The Bertz CT molecular complexity index is 267. The lowest BCUT2D eigenvalue weighted by atomic mass is 9.86. The summed E-state index contributed by atoms with van der Waals surface area (Å²) in [4.78, 5) is 14.2. The highest BCUT2D eigenvalue weighted by Gasteiger charge is 2.39. The average Bonchev–Trinajstić information content (AvgIpc) is 2.59. The fraction of sp³-hybridized carbons (Fsp3) is 0.933. The molecular weight excluding hydrogens is 210 g/mol. The van der Waals surface area contributed by atoms with Gasteiger partial charge < -0.3 is 0 Å². The maximum Gasteiger partial charge on any atom is 0.136 e. The standard InChI is InChI=1S/C15H25NO/c17-15-10-13-6-7-14(11-15)16(13)9-8-12-4-2-1-3-5-12/h12-14H,1-11H2. The Kier molecular flexibility index (Phi) is 3.51. The van der Waals surface area contributed by atoms with Crippen LogP contribution in [0.1, 0.15) is 64.2 Å². The van der Waals surface area contributed by atoms with Crippen molar-refractivity contribution in [1.29, 1.82) is 0 Å². The van der Waals surface area contributed by atoms with Gasteiger partial charge in [-0.2, -0.15) is 0 Å². The van der Waals surface area contributed by atoms with Crippen LogP contribution >= 0.6 is 0 Å². The number of ketones is 1. The molecule has 3 rings (SSSR count). The van der Waals surface area contributed by atoms with Crippen molar-refractivity contribution >= 4 is 5.78 Å². The van der Waals surface area contributed by atoms with E-state index in [1.54, 1.807) is 0 Å². The molecule has 96 valence electrons. The Morgan fingerprint density at radius 2 is 1.59 bits per heavy atom. The Balaban J connectivity index is 1.50. The number of nitrogens with zero attached hydrogens (tertiary/aromatic N) is 1. The summed E-state index contributed by atoms with van der Waals surface area (Å²) in [6, 6.07) is 1.23. The fourth-order valence-electron chi connectivity index (χ4n) is 4.23. The van der Waals surface area contributed by atoms with Crippen molar-refractivity contribution in [1.82, 2.24) is 4.90 Å². The molecule has 2 nitrogen and oxygen atoms in total. The molecule has 0 N–H and O–H groups in total. The van der Waals surface area contributed by atoms with Crippen LogP contribution in [0.4, 0.5) is 0 Å². The number of fused-ring (bicyclic) bond motifs is 2. The van der Waals surface area contributed by atoms with Gasteiger partial charge in [-0.1, -0.05) is 32.1 Å². The molecule has 0 aromatic rings. The summed E-state index contributed by atoms with van der Waals surface area (Å²) in [6.07, 6.45) is 12.9. The Labute approximate surface area is 105 Å². The molecule has 3 fully saturated rings. The lowest BCUT2D eigenvalue weighted by molar-refractivity contribution is -0.123. The maximum absolute atomic E-state index is 11.5. The molecule has 2 heteroatoms. The summed E-state index contributed by atoms with van der Waals surface area (Å²) in [7, 11) is 0. The van der Waals surface area contributed by atoms with E-state index < -0.39 is 0 Å². The number of rotatable bonds is 3. The zero-order chi connectivity index (χ0) is 11.7. The smallest absolute Gasteiger partial charge is 0.136 e. The van der Waals surface area contributed by atoms with E-state index in [1.165, 1.54) is 57.9 Å². The van der Waals surface area contributed by atoms with Crippen molar-refractivity contribution in [2.45, 2.75) is 76.3 Å². The maximum atomic E-state index is 11.5. The van der Waals surface area contributed by atoms with E-state index in [-0.39, 0.29) is 0 Å². The number of carbonyl (C=O) groups excluding carboxylic acids is 1. The normalized spacial score (nSPS) is 35.4. The molecule has 1 aliphatic carbocycles. The third kappa shape index (κ3) is 2.57. The molecule has 2 heterocycles. The second-order valence-electron chi connectivity index (χ2n) is 6.36. The van der Waals surface area contributed by atoms with Gasteiger partial charge in [-0.25, -0.2) is 0 Å². The van der Waals surface area contributed by atoms with Crippen LogP contribution in [0.3, 0.4) is 0 Å². The molecule has 0 spiro atoms. The molecule has 2 atom stereocenters. The van der Waals surface area contributed by atoms with E-state index in [0.717, 1.165) is 18.8 Å². The lowest BCUT2D eigenvalue weighted by Gasteiger charge is -2.35. The van der Waals surface area contributed by atoms with Crippen LogP contribution in [0, 0.1) is 5.92 Å². The number of hydrogen-bond donors (Lipinski definition) is 0. The molecule has 0 amide bonds. The van der Waals surface area contributed by atoms with E-state index in [4.69, 9.17) is 0 Å². The molecule has 0 aromatic heterocycles. The Hall–Kier alpha value is -0.370. The number of piperidine rings is 1. The quantitative estimate of drug-likeness (QED) is 0.749. The van der Waals surface area contributed by atoms with Crippen molar-refractivity contribution in [3.63, 3.8) is 0 Å². The van der Waals surface area contributed by atoms with Gasteiger partial charge in [0.05, 0.1) is 0 Å². The first kappa shape index (κ1) is 11.7. The highest BCUT2D eigenvalue weighted by atomic mass is 16.1. The van der Waals surface area contributed by atoms with E-state index in [0.29, 0.717) is 17.9 Å². The largest absolute Gasteiger partial charge is 0.300 e. The fourth-order valence-corrected chi connectivity index (χ4v) is 4.23. The topological polar surface area (TPSA) is 20.3 Å². The second kappa shape index (κ2) is 5.09. The van der Waals surface area contributed by atoms with Crippen LogP contribution in [-0.2, 0) is 4.79 Å². The van der Waals surface area contributed by atoms with E-state index >= 15 is 0 Å². The molecule has 1 saturated carbocycles.